The maximum absolute atomic E-state index is 11.7. The fourth-order valence-corrected chi connectivity index (χ4v) is 3.68. The van der Waals surface area contributed by atoms with Crippen LogP contribution in [-0.4, -0.2) is 32.4 Å². The molecule has 2 aromatic rings. The van der Waals surface area contributed by atoms with Crippen molar-refractivity contribution in [2.45, 2.75) is 11.5 Å². The molecule has 0 saturated carbocycles. The van der Waals surface area contributed by atoms with E-state index >= 15 is 0 Å². The predicted octanol–water partition coefficient (Wildman–Crippen LogP) is 2.61. The van der Waals surface area contributed by atoms with E-state index in [1.807, 2.05) is 0 Å². The summed E-state index contributed by atoms with van der Waals surface area (Å²) < 4.78 is 34.8. The van der Waals surface area contributed by atoms with Crippen molar-refractivity contribution in [1.29, 1.82) is 0 Å². The molecular formula is C12H12Cl2N2O4S. The first-order valence-electron chi connectivity index (χ1n) is 5.74. The quantitative estimate of drug-likeness (QED) is 0.775. The molecule has 21 heavy (non-hydrogen) atoms. The Morgan fingerprint density at radius 2 is 1.95 bits per heavy atom. The van der Waals surface area contributed by atoms with Crippen LogP contribution in [0.2, 0.25) is 5.15 Å². The predicted molar refractivity (Wildman–Crippen MR) is 78.9 cm³/mol. The SMILES string of the molecule is COCc1nn(-c2ccccc2OC)c(Cl)c1S(=O)(=O)Cl. The molecule has 6 nitrogen and oxygen atoms in total. The van der Waals surface area contributed by atoms with Crippen molar-refractivity contribution in [2.75, 3.05) is 14.2 Å². The highest BCUT2D eigenvalue weighted by Gasteiger charge is 2.27. The molecule has 0 unspecified atom stereocenters. The second-order valence-electron chi connectivity index (χ2n) is 4.02. The Kier molecular flexibility index (Phi) is 4.77. The highest BCUT2D eigenvalue weighted by Crippen LogP contribution is 2.33. The number of methoxy groups -OCH3 is 2. The van der Waals surface area contributed by atoms with Crippen LogP contribution >= 0.6 is 22.3 Å². The molecule has 0 atom stereocenters. The number of aromatic nitrogens is 2. The Morgan fingerprint density at radius 3 is 2.52 bits per heavy atom. The van der Waals surface area contributed by atoms with Crippen LogP contribution in [0.5, 0.6) is 5.75 Å². The van der Waals surface area contributed by atoms with Gasteiger partial charge in [0.15, 0.2) is 5.15 Å². The Hall–Kier alpha value is -1.28. The van der Waals surface area contributed by atoms with Gasteiger partial charge < -0.3 is 9.47 Å². The van der Waals surface area contributed by atoms with Crippen molar-refractivity contribution < 1.29 is 17.9 Å². The fraction of sp³-hybridized carbons (Fsp3) is 0.250. The van der Waals surface area contributed by atoms with Gasteiger partial charge in [-0.25, -0.2) is 13.1 Å². The third-order valence-electron chi connectivity index (χ3n) is 2.69. The second kappa shape index (κ2) is 6.23. The zero-order valence-electron chi connectivity index (χ0n) is 11.2. The summed E-state index contributed by atoms with van der Waals surface area (Å²) in [5, 5.41) is 4.04. The summed E-state index contributed by atoms with van der Waals surface area (Å²) >= 11 is 6.14. The van der Waals surface area contributed by atoms with E-state index in [1.165, 1.54) is 18.9 Å². The topological polar surface area (TPSA) is 70.4 Å². The maximum atomic E-state index is 11.7. The molecule has 114 valence electrons. The van der Waals surface area contributed by atoms with Crippen LogP contribution in [0.25, 0.3) is 5.69 Å². The van der Waals surface area contributed by atoms with Crippen molar-refractivity contribution in [3.63, 3.8) is 0 Å². The molecular weight excluding hydrogens is 339 g/mol. The summed E-state index contributed by atoms with van der Waals surface area (Å²) in [7, 11) is 4.28. The monoisotopic (exact) mass is 350 g/mol. The number of para-hydroxylation sites is 2. The average molecular weight is 351 g/mol. The standard InChI is InChI=1S/C12H12Cl2N2O4S/c1-19-7-8-11(21(14,17)18)12(13)16(15-8)9-5-3-4-6-10(9)20-2/h3-6H,7H2,1-2H3. The van der Waals surface area contributed by atoms with Crippen LogP contribution in [0, 0.1) is 0 Å². The lowest BCUT2D eigenvalue weighted by molar-refractivity contribution is 0.179. The molecule has 1 aromatic carbocycles. The molecule has 0 N–H and O–H groups in total. The molecule has 0 aliphatic rings. The van der Waals surface area contributed by atoms with E-state index in [0.717, 1.165) is 0 Å². The minimum Gasteiger partial charge on any atom is -0.494 e. The number of hydrogen-bond donors (Lipinski definition) is 0. The van der Waals surface area contributed by atoms with E-state index in [9.17, 15) is 8.42 Å². The molecule has 0 fully saturated rings. The minimum atomic E-state index is -4.06. The first-order valence-corrected chi connectivity index (χ1v) is 8.43. The molecule has 0 bridgehead atoms. The molecule has 0 amide bonds. The van der Waals surface area contributed by atoms with Crippen LogP contribution in [0.3, 0.4) is 0 Å². The molecule has 0 aliphatic heterocycles. The number of ether oxygens (including phenoxy) is 2. The summed E-state index contributed by atoms with van der Waals surface area (Å²) in [4.78, 5) is -0.265. The highest BCUT2D eigenvalue weighted by molar-refractivity contribution is 8.13. The van der Waals surface area contributed by atoms with Gasteiger partial charge in [0.2, 0.25) is 0 Å². The lowest BCUT2D eigenvalue weighted by Gasteiger charge is -2.08. The van der Waals surface area contributed by atoms with Crippen LogP contribution < -0.4 is 4.74 Å². The lowest BCUT2D eigenvalue weighted by atomic mass is 10.3. The normalized spacial score (nSPS) is 11.6. The molecule has 0 spiro atoms. The minimum absolute atomic E-state index is 0.0385. The average Bonchev–Trinajstić information content (AvgIpc) is 2.75. The zero-order valence-corrected chi connectivity index (χ0v) is 13.5. The third kappa shape index (κ3) is 3.16. The van der Waals surface area contributed by atoms with Gasteiger partial charge in [-0.05, 0) is 12.1 Å². The number of halogens is 2. The van der Waals surface area contributed by atoms with Gasteiger partial charge in [0.1, 0.15) is 22.0 Å². The Labute approximate surface area is 131 Å². The summed E-state index contributed by atoms with van der Waals surface area (Å²) in [5.41, 5.74) is 0.623. The van der Waals surface area contributed by atoms with Gasteiger partial charge in [-0.15, -0.1) is 0 Å². The van der Waals surface area contributed by atoms with E-state index in [0.29, 0.717) is 11.4 Å². The fourth-order valence-electron chi connectivity index (χ4n) is 1.86. The summed E-state index contributed by atoms with van der Waals surface area (Å²) in [6, 6.07) is 6.92. The smallest absolute Gasteiger partial charge is 0.266 e. The molecule has 0 aliphatic carbocycles. The molecule has 9 heteroatoms. The summed E-state index contributed by atoms with van der Waals surface area (Å²) in [5.74, 6) is 0.490. The van der Waals surface area contributed by atoms with Crippen LogP contribution in [0.4, 0.5) is 0 Å². The number of rotatable bonds is 5. The van der Waals surface area contributed by atoms with E-state index < -0.39 is 9.05 Å². The third-order valence-corrected chi connectivity index (χ3v) is 4.54. The summed E-state index contributed by atoms with van der Waals surface area (Å²) in [6.45, 7) is -0.0385. The van der Waals surface area contributed by atoms with Crippen molar-refractivity contribution in [3.05, 3.63) is 35.1 Å². The number of hydrogen-bond acceptors (Lipinski definition) is 5. The van der Waals surface area contributed by atoms with Crippen LogP contribution in [0.1, 0.15) is 5.69 Å². The second-order valence-corrected chi connectivity index (χ2v) is 6.88. The van der Waals surface area contributed by atoms with Crippen LogP contribution in [-0.2, 0) is 20.4 Å². The van der Waals surface area contributed by atoms with Crippen LogP contribution in [0.15, 0.2) is 29.2 Å². The van der Waals surface area contributed by atoms with Crippen molar-refractivity contribution in [1.82, 2.24) is 9.78 Å². The Morgan fingerprint density at radius 1 is 1.29 bits per heavy atom. The number of nitrogens with zero attached hydrogens (tertiary/aromatic N) is 2. The molecule has 1 aromatic heterocycles. The van der Waals surface area contributed by atoms with Gasteiger partial charge in [-0.3, -0.25) is 0 Å². The van der Waals surface area contributed by atoms with Gasteiger partial charge in [0, 0.05) is 17.8 Å². The van der Waals surface area contributed by atoms with Gasteiger partial charge in [0.25, 0.3) is 9.05 Å². The highest BCUT2D eigenvalue weighted by atomic mass is 35.7. The molecule has 0 saturated heterocycles. The van der Waals surface area contributed by atoms with Crippen molar-refractivity contribution in [3.8, 4) is 11.4 Å². The van der Waals surface area contributed by atoms with Gasteiger partial charge in [-0.2, -0.15) is 5.10 Å². The number of benzene rings is 1. The van der Waals surface area contributed by atoms with E-state index in [1.54, 1.807) is 24.3 Å². The Balaban J connectivity index is 2.71. The first-order chi connectivity index (χ1) is 9.90. The molecule has 2 rings (SSSR count). The van der Waals surface area contributed by atoms with E-state index in [-0.39, 0.29) is 22.3 Å². The maximum Gasteiger partial charge on any atom is 0.266 e. The summed E-state index contributed by atoms with van der Waals surface area (Å²) in [6.07, 6.45) is 0. The van der Waals surface area contributed by atoms with Gasteiger partial charge in [-0.1, -0.05) is 23.7 Å². The van der Waals surface area contributed by atoms with E-state index in [2.05, 4.69) is 5.10 Å². The van der Waals surface area contributed by atoms with Gasteiger partial charge >= 0.3 is 0 Å². The molecule has 0 radical (unpaired) electrons. The van der Waals surface area contributed by atoms with Crippen molar-refractivity contribution >= 4 is 31.3 Å². The van der Waals surface area contributed by atoms with Crippen molar-refractivity contribution in [2.24, 2.45) is 0 Å². The molecule has 1 heterocycles. The van der Waals surface area contributed by atoms with E-state index in [4.69, 9.17) is 31.8 Å². The zero-order chi connectivity index (χ0) is 15.6. The van der Waals surface area contributed by atoms with Gasteiger partial charge in [0.05, 0.1) is 13.7 Å². The lowest BCUT2D eigenvalue weighted by Crippen LogP contribution is -2.00. The first kappa shape index (κ1) is 16.1. The Bertz CT molecular complexity index is 759. The largest absolute Gasteiger partial charge is 0.494 e.